The molecule has 8 heteroatoms. The lowest BCUT2D eigenvalue weighted by Crippen LogP contribution is -2.30. The van der Waals surface area contributed by atoms with Gasteiger partial charge in [0, 0.05) is 50.1 Å². The quantitative estimate of drug-likeness (QED) is 0.149. The highest BCUT2D eigenvalue weighted by Gasteiger charge is 2.27. The van der Waals surface area contributed by atoms with Crippen LogP contribution in [0.1, 0.15) is 46.5 Å². The van der Waals surface area contributed by atoms with Crippen LogP contribution in [-0.2, 0) is 0 Å². The van der Waals surface area contributed by atoms with Crippen LogP contribution in [0.25, 0.3) is 22.3 Å². The summed E-state index contributed by atoms with van der Waals surface area (Å²) in [4.78, 5) is 13.2. The number of aromatic amines is 2. The van der Waals surface area contributed by atoms with Crippen LogP contribution in [0.4, 0.5) is 0 Å². The average Bonchev–Trinajstić information content (AvgIpc) is 4.10. The van der Waals surface area contributed by atoms with Crippen molar-refractivity contribution in [1.82, 2.24) is 15.3 Å². The van der Waals surface area contributed by atoms with E-state index in [-0.39, 0.29) is 6.04 Å². The van der Waals surface area contributed by atoms with Gasteiger partial charge in [-0.05, 0) is 114 Å². The molecule has 1 atom stereocenters. The van der Waals surface area contributed by atoms with Gasteiger partial charge in [-0.15, -0.1) is 0 Å². The molecule has 6 aromatic rings. The van der Waals surface area contributed by atoms with Crippen molar-refractivity contribution in [3.8, 4) is 23.0 Å². The Kier molecular flexibility index (Phi) is 9.15. The molecule has 0 saturated carbocycles. The lowest BCUT2D eigenvalue weighted by Gasteiger charge is -2.19. The second-order valence-corrected chi connectivity index (χ2v) is 13.9. The summed E-state index contributed by atoms with van der Waals surface area (Å²) < 4.78 is 22.2. The van der Waals surface area contributed by atoms with Crippen molar-refractivity contribution in [1.29, 1.82) is 0 Å². The predicted octanol–water partition coefficient (Wildman–Crippen LogP) is 7.77. The van der Waals surface area contributed by atoms with Gasteiger partial charge in [-0.25, -0.2) is 0 Å². The first-order chi connectivity index (χ1) is 27.5. The molecule has 0 aliphatic carbocycles. The molecule has 2 aromatic heterocycles. The molecule has 3 aliphatic heterocycles. The highest BCUT2D eigenvalue weighted by atomic mass is 16.5. The Morgan fingerprint density at radius 2 is 0.964 bits per heavy atom. The number of ether oxygens (including phenoxy) is 4. The molecule has 4 aromatic carbocycles. The number of H-pyrrole nitrogens is 2. The molecule has 5 heterocycles. The van der Waals surface area contributed by atoms with Crippen LogP contribution in [0.5, 0.6) is 23.0 Å². The van der Waals surface area contributed by atoms with E-state index in [0.29, 0.717) is 0 Å². The summed E-state index contributed by atoms with van der Waals surface area (Å²) in [7, 11) is 6.77. The van der Waals surface area contributed by atoms with Crippen molar-refractivity contribution in [2.45, 2.75) is 18.9 Å². The summed E-state index contributed by atoms with van der Waals surface area (Å²) >= 11 is 0. The molecule has 3 aliphatic rings. The van der Waals surface area contributed by atoms with Crippen molar-refractivity contribution in [2.24, 2.45) is 4.99 Å². The van der Waals surface area contributed by atoms with Crippen LogP contribution in [0.2, 0.25) is 0 Å². The van der Waals surface area contributed by atoms with Gasteiger partial charge in [0.15, 0.2) is 0 Å². The number of rotatable bonds is 8. The second-order valence-electron chi connectivity index (χ2n) is 13.9. The second kappa shape index (κ2) is 14.7. The van der Waals surface area contributed by atoms with Gasteiger partial charge < -0.3 is 34.2 Å². The number of fused-ring (bicyclic) bond motifs is 7. The number of allylic oxidation sites excluding steroid dienone is 2. The monoisotopic (exact) mass is 738 g/mol. The minimum absolute atomic E-state index is 0.143. The normalized spacial score (nSPS) is 20.7. The van der Waals surface area contributed by atoms with Crippen molar-refractivity contribution in [2.75, 3.05) is 28.4 Å². The largest absolute Gasteiger partial charge is 0.497 e. The SMILES string of the molecule is COc1ccc(/C2=C3\CCC(=N3)/C(c3ccc(OC)cc3)=c3/cc/c([nH]3)=C(\c3ccc(OC)cc3)C3C=C/C(=C(\c4ccc(OC)cc4)c4ccc2[nH]4)N3)cc1. The smallest absolute Gasteiger partial charge is 0.118 e. The minimum atomic E-state index is -0.143. The van der Waals surface area contributed by atoms with Crippen molar-refractivity contribution < 1.29 is 18.9 Å². The van der Waals surface area contributed by atoms with Crippen molar-refractivity contribution >= 4 is 28.0 Å². The Labute approximate surface area is 325 Å². The van der Waals surface area contributed by atoms with Gasteiger partial charge in [0.05, 0.1) is 45.9 Å². The first kappa shape index (κ1) is 34.8. The Bertz CT molecular complexity index is 2680. The summed E-state index contributed by atoms with van der Waals surface area (Å²) in [5, 5.41) is 5.93. The molecule has 8 bridgehead atoms. The number of aliphatic imine (C=N–C) groups is 1. The van der Waals surface area contributed by atoms with Crippen LogP contribution in [0.3, 0.4) is 0 Å². The zero-order valence-electron chi connectivity index (χ0n) is 31.8. The van der Waals surface area contributed by atoms with Crippen molar-refractivity contribution in [3.05, 3.63) is 189 Å². The fourth-order valence-corrected chi connectivity index (χ4v) is 8.00. The molecular formula is C48H42N4O4. The highest BCUT2D eigenvalue weighted by Crippen LogP contribution is 2.38. The molecule has 278 valence electrons. The number of hydrogen-bond donors (Lipinski definition) is 3. The maximum absolute atomic E-state index is 5.55. The van der Waals surface area contributed by atoms with Crippen molar-refractivity contribution in [3.63, 3.8) is 0 Å². The zero-order valence-corrected chi connectivity index (χ0v) is 31.8. The molecule has 0 saturated heterocycles. The fourth-order valence-electron chi connectivity index (χ4n) is 8.00. The number of benzene rings is 4. The van der Waals surface area contributed by atoms with E-state index >= 15 is 0 Å². The summed E-state index contributed by atoms with van der Waals surface area (Å²) in [6.45, 7) is 0. The molecule has 0 spiro atoms. The Balaban J connectivity index is 1.35. The van der Waals surface area contributed by atoms with E-state index in [2.05, 4.69) is 100 Å². The molecule has 9 rings (SSSR count). The van der Waals surface area contributed by atoms with E-state index in [1.54, 1.807) is 28.4 Å². The predicted molar refractivity (Wildman–Crippen MR) is 223 cm³/mol. The van der Waals surface area contributed by atoms with E-state index in [1.165, 1.54) is 0 Å². The van der Waals surface area contributed by atoms with Crippen LogP contribution in [0.15, 0.2) is 150 Å². The molecule has 56 heavy (non-hydrogen) atoms. The number of nitrogens with zero attached hydrogens (tertiary/aromatic N) is 1. The lowest BCUT2D eigenvalue weighted by atomic mass is 9.97. The molecule has 1 unspecified atom stereocenters. The summed E-state index contributed by atoms with van der Waals surface area (Å²) in [5.74, 6) is 3.22. The van der Waals surface area contributed by atoms with Gasteiger partial charge in [-0.1, -0.05) is 54.6 Å². The summed E-state index contributed by atoms with van der Waals surface area (Å²) in [6, 6.07) is 41.6. The first-order valence-corrected chi connectivity index (χ1v) is 18.7. The number of methoxy groups -OCH3 is 4. The van der Waals surface area contributed by atoms with E-state index in [0.717, 1.165) is 120 Å². The maximum Gasteiger partial charge on any atom is 0.118 e. The third-order valence-corrected chi connectivity index (χ3v) is 10.8. The van der Waals surface area contributed by atoms with Gasteiger partial charge in [0.1, 0.15) is 23.0 Å². The molecule has 0 fully saturated rings. The number of aromatic nitrogens is 2. The van der Waals surface area contributed by atoms with Gasteiger partial charge in [0.2, 0.25) is 0 Å². The third kappa shape index (κ3) is 6.39. The Morgan fingerprint density at radius 1 is 0.482 bits per heavy atom. The summed E-state index contributed by atoms with van der Waals surface area (Å²) in [6.07, 6.45) is 5.99. The average molecular weight is 739 g/mol. The minimum Gasteiger partial charge on any atom is -0.497 e. The maximum atomic E-state index is 5.55. The van der Waals surface area contributed by atoms with E-state index in [1.807, 2.05) is 48.5 Å². The van der Waals surface area contributed by atoms with Crippen LogP contribution < -0.4 is 35.0 Å². The van der Waals surface area contributed by atoms with Gasteiger partial charge >= 0.3 is 0 Å². The molecule has 3 N–H and O–H groups in total. The van der Waals surface area contributed by atoms with Gasteiger partial charge in [-0.3, -0.25) is 4.99 Å². The first-order valence-electron chi connectivity index (χ1n) is 18.7. The van der Waals surface area contributed by atoms with E-state index in [9.17, 15) is 0 Å². The third-order valence-electron chi connectivity index (χ3n) is 10.8. The van der Waals surface area contributed by atoms with Crippen LogP contribution >= 0.6 is 0 Å². The topological polar surface area (TPSA) is 92.9 Å². The lowest BCUT2D eigenvalue weighted by molar-refractivity contribution is 0.414. The fraction of sp³-hybridized carbons (Fsp3) is 0.146. The molecule has 0 radical (unpaired) electrons. The highest BCUT2D eigenvalue weighted by molar-refractivity contribution is 6.24. The summed E-state index contributed by atoms with van der Waals surface area (Å²) in [5.41, 5.74) is 13.6. The molecule has 8 nitrogen and oxygen atoms in total. The van der Waals surface area contributed by atoms with Gasteiger partial charge in [0.25, 0.3) is 0 Å². The molecular weight excluding hydrogens is 697 g/mol. The number of hydrogen-bond acceptors (Lipinski definition) is 6. The van der Waals surface area contributed by atoms with Gasteiger partial charge in [-0.2, -0.15) is 0 Å². The number of nitrogens with one attached hydrogen (secondary N) is 3. The zero-order chi connectivity index (χ0) is 38.2. The van der Waals surface area contributed by atoms with E-state index in [4.69, 9.17) is 23.9 Å². The Morgan fingerprint density at radius 3 is 1.52 bits per heavy atom. The standard InChI is InChI=1S/C48H42N4O4/c1-53-33-13-5-29(6-14-33)45-37-21-23-39(49-37)46(30-7-15-34(54-2)16-8-30)41-25-27-43(51-41)48(32-11-19-36(56-4)20-12-32)44-28-26-42(52-44)47(40-24-22-38(45)50-40)31-9-17-35(55-3)18-10-31/h5-25,27,37,49-51H,26,28H2,1-4H3/b45-38-,46-39-,47-40-,48-44-. The van der Waals surface area contributed by atoms with Crippen LogP contribution in [-0.4, -0.2) is 50.2 Å². The van der Waals surface area contributed by atoms with E-state index < -0.39 is 0 Å². The molecule has 0 amide bonds. The Hall–Kier alpha value is -6.93. The van der Waals surface area contributed by atoms with Crippen LogP contribution in [0, 0.1) is 0 Å².